The molecule has 0 aliphatic carbocycles. The summed E-state index contributed by atoms with van der Waals surface area (Å²) in [5.74, 6) is 0.893. The van der Waals surface area contributed by atoms with Crippen LogP contribution in [0.3, 0.4) is 0 Å². The summed E-state index contributed by atoms with van der Waals surface area (Å²) in [5, 5.41) is 7.86. The molecule has 4 heteroatoms. The average molecular weight is 272 g/mol. The highest BCUT2D eigenvalue weighted by Gasteiger charge is 2.11. The van der Waals surface area contributed by atoms with E-state index < -0.39 is 0 Å². The lowest BCUT2D eigenvalue weighted by Gasteiger charge is -2.19. The van der Waals surface area contributed by atoms with E-state index in [0.29, 0.717) is 6.04 Å². The van der Waals surface area contributed by atoms with Gasteiger partial charge in [0.2, 0.25) is 0 Å². The highest BCUT2D eigenvalue weighted by Crippen LogP contribution is 2.23. The second kappa shape index (κ2) is 6.18. The van der Waals surface area contributed by atoms with Crippen LogP contribution >= 0.6 is 0 Å². The van der Waals surface area contributed by atoms with Crippen LogP contribution in [0.4, 0.5) is 0 Å². The monoisotopic (exact) mass is 272 g/mol. The molecule has 1 N–H and O–H groups in total. The van der Waals surface area contributed by atoms with Crippen molar-refractivity contribution in [2.75, 3.05) is 6.54 Å². The number of nitrogens with zero attached hydrogens (tertiary/aromatic N) is 3. The van der Waals surface area contributed by atoms with E-state index in [4.69, 9.17) is 0 Å². The molecule has 0 aliphatic rings. The highest BCUT2D eigenvalue weighted by atomic mass is 15.3. The van der Waals surface area contributed by atoms with E-state index in [0.717, 1.165) is 18.8 Å². The molecule has 4 nitrogen and oxygen atoms in total. The van der Waals surface area contributed by atoms with Gasteiger partial charge in [0.05, 0.1) is 0 Å². The molecule has 1 unspecified atom stereocenters. The Morgan fingerprint density at radius 1 is 1.20 bits per heavy atom. The van der Waals surface area contributed by atoms with Crippen molar-refractivity contribution in [2.45, 2.75) is 40.2 Å². The Balaban J connectivity index is 1.96. The molecule has 1 aromatic carbocycles. The molecule has 0 spiro atoms. The predicted octanol–water partition coefficient (Wildman–Crippen LogP) is 2.63. The van der Waals surface area contributed by atoms with Crippen molar-refractivity contribution >= 4 is 0 Å². The van der Waals surface area contributed by atoms with Gasteiger partial charge in [-0.25, -0.2) is 4.98 Å². The van der Waals surface area contributed by atoms with E-state index in [-0.39, 0.29) is 0 Å². The van der Waals surface area contributed by atoms with Crippen molar-refractivity contribution in [1.82, 2.24) is 20.1 Å². The van der Waals surface area contributed by atoms with E-state index in [1.165, 1.54) is 22.3 Å². The van der Waals surface area contributed by atoms with Crippen LogP contribution in [0.25, 0.3) is 0 Å². The third-order valence-corrected chi connectivity index (χ3v) is 3.62. The standard InChI is InChI=1S/C16H24N4/c1-11-8-12(2)16(13(3)9-11)14(4)17-7-6-15-18-10-20(5)19-15/h8-10,14,17H,6-7H2,1-5H3. The number of hydrogen-bond acceptors (Lipinski definition) is 3. The summed E-state index contributed by atoms with van der Waals surface area (Å²) in [6, 6.07) is 4.85. The van der Waals surface area contributed by atoms with Crippen LogP contribution in [0.2, 0.25) is 0 Å². The maximum atomic E-state index is 4.29. The number of benzene rings is 1. The summed E-state index contributed by atoms with van der Waals surface area (Å²) in [6.07, 6.45) is 2.60. The molecule has 0 bridgehead atoms. The summed E-state index contributed by atoms with van der Waals surface area (Å²) in [4.78, 5) is 4.24. The molecule has 0 saturated carbocycles. The molecule has 1 atom stereocenters. The number of hydrogen-bond donors (Lipinski definition) is 1. The highest BCUT2D eigenvalue weighted by molar-refractivity contribution is 5.39. The first-order chi connectivity index (χ1) is 9.47. The van der Waals surface area contributed by atoms with E-state index in [9.17, 15) is 0 Å². The molecule has 0 saturated heterocycles. The Kier molecular flexibility index (Phi) is 4.55. The minimum absolute atomic E-state index is 0.347. The van der Waals surface area contributed by atoms with Gasteiger partial charge in [0, 0.05) is 26.1 Å². The third-order valence-electron chi connectivity index (χ3n) is 3.62. The van der Waals surface area contributed by atoms with Crippen LogP contribution in [0.1, 0.15) is 41.0 Å². The lowest BCUT2D eigenvalue weighted by atomic mass is 9.95. The van der Waals surface area contributed by atoms with Gasteiger partial charge < -0.3 is 5.32 Å². The SMILES string of the molecule is Cc1cc(C)c(C(C)NCCc2ncn(C)n2)c(C)c1. The minimum Gasteiger partial charge on any atom is -0.310 e. The second-order valence-electron chi connectivity index (χ2n) is 5.57. The van der Waals surface area contributed by atoms with Crippen molar-refractivity contribution in [2.24, 2.45) is 7.05 Å². The van der Waals surface area contributed by atoms with Crippen molar-refractivity contribution in [1.29, 1.82) is 0 Å². The summed E-state index contributed by atoms with van der Waals surface area (Å²) in [6.45, 7) is 9.63. The number of aryl methyl sites for hydroxylation is 4. The Morgan fingerprint density at radius 2 is 1.85 bits per heavy atom. The van der Waals surface area contributed by atoms with Gasteiger partial charge in [0.1, 0.15) is 6.33 Å². The molecule has 1 heterocycles. The lowest BCUT2D eigenvalue weighted by molar-refractivity contribution is 0.564. The largest absolute Gasteiger partial charge is 0.310 e. The fourth-order valence-corrected chi connectivity index (χ4v) is 2.88. The fraction of sp³-hybridized carbons (Fsp3) is 0.500. The van der Waals surface area contributed by atoms with Gasteiger partial charge in [-0.15, -0.1) is 0 Å². The molecule has 1 aromatic heterocycles. The summed E-state index contributed by atoms with van der Waals surface area (Å²) >= 11 is 0. The normalized spacial score (nSPS) is 12.7. The van der Waals surface area contributed by atoms with Gasteiger partial charge in [-0.2, -0.15) is 5.10 Å². The molecule has 0 aliphatic heterocycles. The first-order valence-electron chi connectivity index (χ1n) is 7.13. The van der Waals surface area contributed by atoms with Gasteiger partial charge in [0.15, 0.2) is 5.82 Å². The van der Waals surface area contributed by atoms with E-state index in [1.807, 2.05) is 7.05 Å². The molecule has 0 amide bonds. The molecule has 0 fully saturated rings. The number of aromatic nitrogens is 3. The van der Waals surface area contributed by atoms with Gasteiger partial charge in [-0.1, -0.05) is 17.7 Å². The number of rotatable bonds is 5. The van der Waals surface area contributed by atoms with Gasteiger partial charge in [0.25, 0.3) is 0 Å². The van der Waals surface area contributed by atoms with E-state index in [1.54, 1.807) is 11.0 Å². The van der Waals surface area contributed by atoms with Crippen molar-refractivity contribution in [3.63, 3.8) is 0 Å². The van der Waals surface area contributed by atoms with Crippen LogP contribution in [-0.4, -0.2) is 21.3 Å². The zero-order chi connectivity index (χ0) is 14.7. The molecule has 0 radical (unpaired) electrons. The van der Waals surface area contributed by atoms with Crippen molar-refractivity contribution in [3.8, 4) is 0 Å². The summed E-state index contributed by atoms with van der Waals surface area (Å²) < 4.78 is 1.74. The fourth-order valence-electron chi connectivity index (χ4n) is 2.88. The lowest BCUT2D eigenvalue weighted by Crippen LogP contribution is -2.23. The summed E-state index contributed by atoms with van der Waals surface area (Å²) in [5.41, 5.74) is 5.45. The molecular weight excluding hydrogens is 248 g/mol. The average Bonchev–Trinajstić information content (AvgIpc) is 2.73. The smallest absolute Gasteiger partial charge is 0.151 e. The molecule has 108 valence electrons. The van der Waals surface area contributed by atoms with Gasteiger partial charge in [-0.3, -0.25) is 4.68 Å². The third kappa shape index (κ3) is 3.45. The van der Waals surface area contributed by atoms with Crippen molar-refractivity contribution in [3.05, 3.63) is 46.5 Å². The second-order valence-corrected chi connectivity index (χ2v) is 5.57. The first kappa shape index (κ1) is 14.7. The van der Waals surface area contributed by atoms with Gasteiger partial charge in [-0.05, 0) is 44.4 Å². The predicted molar refractivity (Wildman–Crippen MR) is 81.8 cm³/mol. The quantitative estimate of drug-likeness (QED) is 0.910. The van der Waals surface area contributed by atoms with Crippen molar-refractivity contribution < 1.29 is 0 Å². The number of nitrogens with one attached hydrogen (secondary N) is 1. The van der Waals surface area contributed by atoms with Gasteiger partial charge >= 0.3 is 0 Å². The van der Waals surface area contributed by atoms with Crippen LogP contribution in [0.5, 0.6) is 0 Å². The summed E-state index contributed by atoms with van der Waals surface area (Å²) in [7, 11) is 1.89. The van der Waals surface area contributed by atoms with E-state index in [2.05, 4.69) is 55.2 Å². The topological polar surface area (TPSA) is 42.7 Å². The van der Waals surface area contributed by atoms with Crippen LogP contribution in [-0.2, 0) is 13.5 Å². The zero-order valence-electron chi connectivity index (χ0n) is 13.1. The molecule has 2 aromatic rings. The first-order valence-corrected chi connectivity index (χ1v) is 7.13. The molecular formula is C16H24N4. The Bertz CT molecular complexity index is 563. The molecule has 2 rings (SSSR count). The maximum absolute atomic E-state index is 4.29. The molecule has 20 heavy (non-hydrogen) atoms. The maximum Gasteiger partial charge on any atom is 0.151 e. The van der Waals surface area contributed by atoms with Crippen LogP contribution < -0.4 is 5.32 Å². The minimum atomic E-state index is 0.347. The van der Waals surface area contributed by atoms with Crippen LogP contribution in [0.15, 0.2) is 18.5 Å². The van der Waals surface area contributed by atoms with Crippen LogP contribution in [0, 0.1) is 20.8 Å². The Morgan fingerprint density at radius 3 is 2.40 bits per heavy atom. The van der Waals surface area contributed by atoms with E-state index >= 15 is 0 Å². The Hall–Kier alpha value is -1.68. The Labute approximate surface area is 121 Å². The zero-order valence-corrected chi connectivity index (χ0v) is 13.1.